The summed E-state index contributed by atoms with van der Waals surface area (Å²) in [5.74, 6) is 0. The number of benzene rings is 11. The van der Waals surface area contributed by atoms with Crippen molar-refractivity contribution in [3.63, 3.8) is 0 Å². The molecule has 1 aliphatic rings. The molecule has 0 saturated carbocycles. The summed E-state index contributed by atoms with van der Waals surface area (Å²) in [5.41, 5.74) is 9.46. The monoisotopic (exact) mass is 766 g/mol. The SMILES string of the molecule is CC1(c2ccc3c(c2)oc2ccccc23)C=c2ccc3cccc4c(-c5cc6cc(-c7ccc8c(c7)sc7ccccc78)cc7ccc8cccc5c8c76)cc(c2c34)C1. The minimum absolute atomic E-state index is 0.222. The van der Waals surface area contributed by atoms with Crippen LogP contribution in [-0.4, -0.2) is 0 Å². The van der Waals surface area contributed by atoms with Crippen LogP contribution in [0.5, 0.6) is 0 Å². The molecule has 0 amide bonds. The highest BCUT2D eigenvalue weighted by atomic mass is 32.1. The van der Waals surface area contributed by atoms with Crippen molar-refractivity contribution in [1.29, 1.82) is 0 Å². The third-order valence-electron chi connectivity index (χ3n) is 13.7. The van der Waals surface area contributed by atoms with E-state index in [1.165, 1.54) is 123 Å². The van der Waals surface area contributed by atoms with E-state index in [0.29, 0.717) is 0 Å². The molecule has 0 saturated heterocycles. The molecule has 1 nitrogen and oxygen atoms in total. The minimum Gasteiger partial charge on any atom is -0.456 e. The number of fused-ring (bicyclic) bond motifs is 6. The van der Waals surface area contributed by atoms with Crippen LogP contribution in [0.2, 0.25) is 0 Å². The highest BCUT2D eigenvalue weighted by molar-refractivity contribution is 7.25. The molecule has 13 aromatic rings. The number of rotatable bonds is 3. The molecule has 59 heavy (non-hydrogen) atoms. The van der Waals surface area contributed by atoms with Gasteiger partial charge in [-0.3, -0.25) is 0 Å². The van der Waals surface area contributed by atoms with Gasteiger partial charge in [0.25, 0.3) is 0 Å². The van der Waals surface area contributed by atoms with Gasteiger partial charge in [0.15, 0.2) is 0 Å². The van der Waals surface area contributed by atoms with Crippen LogP contribution in [-0.2, 0) is 11.8 Å². The van der Waals surface area contributed by atoms with Gasteiger partial charge in [-0.15, -0.1) is 11.3 Å². The highest BCUT2D eigenvalue weighted by Crippen LogP contribution is 2.47. The summed E-state index contributed by atoms with van der Waals surface area (Å²) in [6, 6.07) is 64.0. The predicted molar refractivity (Wildman–Crippen MR) is 253 cm³/mol. The fourth-order valence-corrected chi connectivity index (χ4v) is 12.1. The van der Waals surface area contributed by atoms with Crippen LogP contribution >= 0.6 is 11.3 Å². The van der Waals surface area contributed by atoms with Gasteiger partial charge in [-0.2, -0.15) is 0 Å². The second kappa shape index (κ2) is 11.3. The van der Waals surface area contributed by atoms with Gasteiger partial charge in [-0.1, -0.05) is 134 Å². The van der Waals surface area contributed by atoms with E-state index < -0.39 is 0 Å². The molecule has 0 radical (unpaired) electrons. The van der Waals surface area contributed by atoms with E-state index in [0.717, 1.165) is 17.6 Å². The quantitative estimate of drug-likeness (QED) is 0.163. The van der Waals surface area contributed by atoms with Gasteiger partial charge in [0.1, 0.15) is 11.2 Å². The molecule has 2 heteroatoms. The summed E-state index contributed by atoms with van der Waals surface area (Å²) in [6.45, 7) is 2.40. The lowest BCUT2D eigenvalue weighted by atomic mass is 9.71. The van der Waals surface area contributed by atoms with Gasteiger partial charge in [0.05, 0.1) is 0 Å². The zero-order valence-corrected chi connectivity index (χ0v) is 33.1. The first-order chi connectivity index (χ1) is 29.0. The van der Waals surface area contributed by atoms with Crippen molar-refractivity contribution >= 4 is 113 Å². The molecular weight excluding hydrogens is 733 g/mol. The van der Waals surface area contributed by atoms with E-state index in [4.69, 9.17) is 4.42 Å². The Hall–Kier alpha value is -7.00. The van der Waals surface area contributed by atoms with Crippen molar-refractivity contribution in [2.45, 2.75) is 18.8 Å². The summed E-state index contributed by atoms with van der Waals surface area (Å²) >= 11 is 1.89. The Morgan fingerprint density at radius 2 is 1.12 bits per heavy atom. The number of thiophene rings is 1. The summed E-state index contributed by atoms with van der Waals surface area (Å²) in [5, 5.41) is 19.5. The van der Waals surface area contributed by atoms with Crippen molar-refractivity contribution in [2.75, 3.05) is 0 Å². The number of hydrogen-bond donors (Lipinski definition) is 0. The Morgan fingerprint density at radius 3 is 2.00 bits per heavy atom. The van der Waals surface area contributed by atoms with Gasteiger partial charge in [-0.25, -0.2) is 0 Å². The Labute approximate surface area is 343 Å². The molecule has 1 atom stereocenters. The molecule has 0 N–H and O–H groups in total. The van der Waals surface area contributed by atoms with Gasteiger partial charge in [-0.05, 0) is 147 Å². The molecule has 11 aromatic carbocycles. The second-order valence-corrected chi connectivity index (χ2v) is 18.1. The summed E-state index contributed by atoms with van der Waals surface area (Å²) < 4.78 is 9.09. The fourth-order valence-electron chi connectivity index (χ4n) is 11.0. The van der Waals surface area contributed by atoms with Crippen LogP contribution < -0.4 is 5.22 Å². The number of furan rings is 1. The number of para-hydroxylation sites is 1. The van der Waals surface area contributed by atoms with Crippen molar-refractivity contribution in [1.82, 2.24) is 0 Å². The smallest absolute Gasteiger partial charge is 0.135 e. The van der Waals surface area contributed by atoms with Crippen LogP contribution in [0.3, 0.4) is 0 Å². The lowest BCUT2D eigenvalue weighted by molar-refractivity contribution is 0.620. The van der Waals surface area contributed by atoms with Gasteiger partial charge >= 0.3 is 0 Å². The minimum atomic E-state index is -0.222. The van der Waals surface area contributed by atoms with Crippen molar-refractivity contribution in [2.24, 2.45) is 0 Å². The molecule has 1 unspecified atom stereocenters. The zero-order valence-electron chi connectivity index (χ0n) is 32.3. The first kappa shape index (κ1) is 32.0. The van der Waals surface area contributed by atoms with Gasteiger partial charge in [0.2, 0.25) is 0 Å². The zero-order chi connectivity index (χ0) is 38.6. The summed E-state index contributed by atoms with van der Waals surface area (Å²) in [7, 11) is 0. The third kappa shape index (κ3) is 4.39. The maximum atomic E-state index is 6.42. The Morgan fingerprint density at radius 1 is 0.441 bits per heavy atom. The average Bonchev–Trinajstić information content (AvgIpc) is 3.84. The average molecular weight is 767 g/mol. The van der Waals surface area contributed by atoms with Crippen molar-refractivity contribution in [3.8, 4) is 22.3 Å². The molecule has 2 heterocycles. The molecule has 0 spiro atoms. The van der Waals surface area contributed by atoms with Crippen LogP contribution in [0.25, 0.3) is 124 Å². The van der Waals surface area contributed by atoms with Crippen LogP contribution in [0, 0.1) is 0 Å². The fraction of sp³-hybridized carbons (Fsp3) is 0.0526. The normalized spacial score (nSPS) is 15.7. The van der Waals surface area contributed by atoms with Crippen LogP contribution in [0.4, 0.5) is 0 Å². The van der Waals surface area contributed by atoms with Crippen LogP contribution in [0.1, 0.15) is 18.1 Å². The topological polar surface area (TPSA) is 13.1 Å². The molecule has 0 aliphatic heterocycles. The number of hydrogen-bond acceptors (Lipinski definition) is 2. The highest BCUT2D eigenvalue weighted by Gasteiger charge is 2.31. The first-order valence-electron chi connectivity index (χ1n) is 20.6. The molecule has 2 aromatic heterocycles. The summed E-state index contributed by atoms with van der Waals surface area (Å²) in [6.07, 6.45) is 3.41. The standard InChI is InChI=1S/C57H34OS/c1-57(40-21-23-42-41-10-2-4-14-49(41)58-50(42)29-40)30-36-19-17-33-9-7-13-46-48(27-39(31-57)54(36)56(33)46)47-26-38-25-37(24-35-18-16-32-8-6-12-45(47)55(32)53(35)38)34-20-22-44-43-11-3-5-15-51(43)59-52(44)28-34/h2-30H,31H2,1H3. The van der Waals surface area contributed by atoms with Gasteiger partial charge < -0.3 is 4.42 Å². The van der Waals surface area contributed by atoms with E-state index >= 15 is 0 Å². The summed E-state index contributed by atoms with van der Waals surface area (Å²) in [4.78, 5) is 0. The van der Waals surface area contributed by atoms with E-state index in [2.05, 4.69) is 177 Å². The van der Waals surface area contributed by atoms with E-state index in [9.17, 15) is 0 Å². The van der Waals surface area contributed by atoms with E-state index in [1.807, 2.05) is 17.4 Å². The lowest BCUT2D eigenvalue weighted by Gasteiger charge is -2.32. The first-order valence-corrected chi connectivity index (χ1v) is 21.4. The Balaban J connectivity index is 1.00. The van der Waals surface area contributed by atoms with Crippen LogP contribution in [0.15, 0.2) is 174 Å². The maximum absolute atomic E-state index is 6.42. The van der Waals surface area contributed by atoms with Crippen molar-refractivity contribution in [3.05, 3.63) is 186 Å². The largest absolute Gasteiger partial charge is 0.456 e. The van der Waals surface area contributed by atoms with Gasteiger partial charge in [0, 0.05) is 36.4 Å². The molecule has 1 aliphatic carbocycles. The van der Waals surface area contributed by atoms with E-state index in [1.54, 1.807) is 0 Å². The van der Waals surface area contributed by atoms with E-state index in [-0.39, 0.29) is 5.41 Å². The Bertz CT molecular complexity index is 4010. The predicted octanol–water partition coefficient (Wildman–Crippen LogP) is 15.5. The molecule has 14 rings (SSSR count). The lowest BCUT2D eigenvalue weighted by Crippen LogP contribution is -2.29. The van der Waals surface area contributed by atoms with Crippen molar-refractivity contribution < 1.29 is 4.42 Å². The second-order valence-electron chi connectivity index (χ2n) is 17.1. The molecule has 274 valence electrons. The third-order valence-corrected chi connectivity index (χ3v) is 14.8. The molecular formula is C57H34OS. The Kier molecular flexibility index (Phi) is 6.16. The molecule has 0 bridgehead atoms. The maximum Gasteiger partial charge on any atom is 0.135 e. The molecule has 0 fully saturated rings.